The Labute approximate surface area is 132 Å². The predicted octanol–water partition coefficient (Wildman–Crippen LogP) is 4.20. The molecule has 0 saturated carbocycles. The third-order valence-electron chi connectivity index (χ3n) is 4.28. The fourth-order valence-electron chi connectivity index (χ4n) is 3.17. The summed E-state index contributed by atoms with van der Waals surface area (Å²) in [4.78, 5) is 0. The molecule has 1 saturated heterocycles. The van der Waals surface area contributed by atoms with Crippen LogP contribution in [0.5, 0.6) is 0 Å². The van der Waals surface area contributed by atoms with E-state index >= 15 is 0 Å². The van der Waals surface area contributed by atoms with Gasteiger partial charge in [0.1, 0.15) is 5.82 Å². The highest BCUT2D eigenvalue weighted by Crippen LogP contribution is 2.29. The van der Waals surface area contributed by atoms with E-state index in [0.717, 1.165) is 44.4 Å². The van der Waals surface area contributed by atoms with E-state index in [2.05, 4.69) is 19.2 Å². The van der Waals surface area contributed by atoms with Crippen LogP contribution in [0.2, 0.25) is 5.02 Å². The normalized spacial score (nSPS) is 23.4. The van der Waals surface area contributed by atoms with E-state index in [-0.39, 0.29) is 10.8 Å². The van der Waals surface area contributed by atoms with Gasteiger partial charge in [-0.25, -0.2) is 4.39 Å². The van der Waals surface area contributed by atoms with Crippen LogP contribution in [0.3, 0.4) is 0 Å². The van der Waals surface area contributed by atoms with Gasteiger partial charge in [-0.15, -0.1) is 0 Å². The van der Waals surface area contributed by atoms with Crippen molar-refractivity contribution in [3.63, 3.8) is 0 Å². The van der Waals surface area contributed by atoms with Crippen LogP contribution in [0, 0.1) is 11.7 Å². The Morgan fingerprint density at radius 1 is 1.43 bits per heavy atom. The summed E-state index contributed by atoms with van der Waals surface area (Å²) in [7, 11) is 0. The molecule has 1 heterocycles. The Morgan fingerprint density at radius 3 is 2.90 bits per heavy atom. The second kappa shape index (κ2) is 8.11. The number of hydrogen-bond acceptors (Lipinski definition) is 2. The summed E-state index contributed by atoms with van der Waals surface area (Å²) < 4.78 is 19.4. The number of benzene rings is 1. The Hall–Kier alpha value is -0.640. The first-order valence-corrected chi connectivity index (χ1v) is 8.32. The first kappa shape index (κ1) is 16.7. The second-order valence-electron chi connectivity index (χ2n) is 5.78. The molecule has 1 aromatic rings. The van der Waals surface area contributed by atoms with Crippen molar-refractivity contribution in [2.75, 3.05) is 13.2 Å². The lowest BCUT2D eigenvalue weighted by molar-refractivity contribution is 0.0774. The molecule has 3 unspecified atom stereocenters. The summed E-state index contributed by atoms with van der Waals surface area (Å²) in [5, 5.41) is 3.81. The third-order valence-corrected chi connectivity index (χ3v) is 4.58. The topological polar surface area (TPSA) is 21.3 Å². The van der Waals surface area contributed by atoms with Crippen LogP contribution >= 0.6 is 11.6 Å². The van der Waals surface area contributed by atoms with Crippen molar-refractivity contribution < 1.29 is 9.13 Å². The molecular weight excluding hydrogens is 289 g/mol. The molecule has 21 heavy (non-hydrogen) atoms. The van der Waals surface area contributed by atoms with Crippen LogP contribution in [-0.4, -0.2) is 25.3 Å². The second-order valence-corrected chi connectivity index (χ2v) is 6.19. The molecule has 0 bridgehead atoms. The summed E-state index contributed by atoms with van der Waals surface area (Å²) in [5.41, 5.74) is 0.993. The van der Waals surface area contributed by atoms with Gasteiger partial charge in [0.25, 0.3) is 0 Å². The highest BCUT2D eigenvalue weighted by molar-refractivity contribution is 6.30. The van der Waals surface area contributed by atoms with Crippen molar-refractivity contribution >= 4 is 11.6 Å². The van der Waals surface area contributed by atoms with Gasteiger partial charge in [-0.1, -0.05) is 31.5 Å². The summed E-state index contributed by atoms with van der Waals surface area (Å²) >= 11 is 5.76. The van der Waals surface area contributed by atoms with Crippen LogP contribution in [0.25, 0.3) is 0 Å². The zero-order chi connectivity index (χ0) is 15.2. The molecule has 2 nitrogen and oxygen atoms in total. The molecule has 1 N–H and O–H groups in total. The fourth-order valence-corrected chi connectivity index (χ4v) is 3.29. The largest absolute Gasteiger partial charge is 0.378 e. The summed E-state index contributed by atoms with van der Waals surface area (Å²) in [6, 6.07) is 5.45. The lowest BCUT2D eigenvalue weighted by Gasteiger charge is -2.28. The Balaban J connectivity index is 2.09. The minimum Gasteiger partial charge on any atom is -0.378 e. The Bertz CT molecular complexity index is 454. The standard InChI is InChI=1S/C17H25ClFNO/c1-3-8-20-16(13-7-9-21-17(13)4-2)11-12-5-6-14(18)15(19)10-12/h5-6,10,13,16-17,20H,3-4,7-9,11H2,1-2H3. The number of nitrogens with one attached hydrogen (secondary N) is 1. The maximum Gasteiger partial charge on any atom is 0.142 e. The molecule has 0 spiro atoms. The van der Waals surface area contributed by atoms with Gasteiger partial charge < -0.3 is 10.1 Å². The highest BCUT2D eigenvalue weighted by Gasteiger charge is 2.33. The van der Waals surface area contributed by atoms with Gasteiger partial charge in [-0.3, -0.25) is 0 Å². The quantitative estimate of drug-likeness (QED) is 0.814. The number of ether oxygens (including phenoxy) is 1. The molecule has 0 aromatic heterocycles. The van der Waals surface area contributed by atoms with Crippen LogP contribution in [0.15, 0.2) is 18.2 Å². The van der Waals surface area contributed by atoms with E-state index in [0.29, 0.717) is 18.1 Å². The molecule has 1 aliphatic heterocycles. The van der Waals surface area contributed by atoms with E-state index < -0.39 is 0 Å². The monoisotopic (exact) mass is 313 g/mol. The zero-order valence-electron chi connectivity index (χ0n) is 12.9. The minimum atomic E-state index is -0.335. The van der Waals surface area contributed by atoms with E-state index in [9.17, 15) is 4.39 Å². The van der Waals surface area contributed by atoms with E-state index in [1.807, 2.05) is 6.07 Å². The zero-order valence-corrected chi connectivity index (χ0v) is 13.6. The van der Waals surface area contributed by atoms with E-state index in [4.69, 9.17) is 16.3 Å². The van der Waals surface area contributed by atoms with Gasteiger partial charge in [-0.05, 0) is 49.9 Å². The number of hydrogen-bond donors (Lipinski definition) is 1. The van der Waals surface area contributed by atoms with Crippen molar-refractivity contribution in [3.05, 3.63) is 34.6 Å². The highest BCUT2D eigenvalue weighted by atomic mass is 35.5. The van der Waals surface area contributed by atoms with Crippen LogP contribution < -0.4 is 5.32 Å². The molecule has 3 atom stereocenters. The fraction of sp³-hybridized carbons (Fsp3) is 0.647. The van der Waals surface area contributed by atoms with Gasteiger partial charge in [-0.2, -0.15) is 0 Å². The molecule has 1 aliphatic rings. The van der Waals surface area contributed by atoms with Gasteiger partial charge in [0.15, 0.2) is 0 Å². The molecule has 1 fully saturated rings. The summed E-state index contributed by atoms with van der Waals surface area (Å²) in [5.74, 6) is 0.165. The smallest absolute Gasteiger partial charge is 0.142 e. The average molecular weight is 314 g/mol. The average Bonchev–Trinajstić information content (AvgIpc) is 2.95. The number of halogens is 2. The molecule has 0 radical (unpaired) electrons. The van der Waals surface area contributed by atoms with E-state index in [1.165, 1.54) is 0 Å². The first-order valence-electron chi connectivity index (χ1n) is 7.94. The van der Waals surface area contributed by atoms with Crippen LogP contribution in [0.1, 0.15) is 38.7 Å². The lowest BCUT2D eigenvalue weighted by atomic mass is 9.87. The van der Waals surface area contributed by atoms with Gasteiger partial charge in [0.05, 0.1) is 11.1 Å². The minimum absolute atomic E-state index is 0.187. The molecule has 0 amide bonds. The van der Waals surface area contributed by atoms with Gasteiger partial charge in [0.2, 0.25) is 0 Å². The predicted molar refractivity (Wildman–Crippen MR) is 85.3 cm³/mol. The maximum atomic E-state index is 13.6. The lowest BCUT2D eigenvalue weighted by Crippen LogP contribution is -2.41. The van der Waals surface area contributed by atoms with Crippen molar-refractivity contribution in [2.24, 2.45) is 5.92 Å². The van der Waals surface area contributed by atoms with Crippen molar-refractivity contribution in [3.8, 4) is 0 Å². The molecule has 118 valence electrons. The van der Waals surface area contributed by atoms with Crippen LogP contribution in [0.4, 0.5) is 4.39 Å². The first-order chi connectivity index (χ1) is 10.2. The third kappa shape index (κ3) is 4.41. The molecule has 0 aliphatic carbocycles. The molecule has 4 heteroatoms. The van der Waals surface area contributed by atoms with E-state index in [1.54, 1.807) is 12.1 Å². The van der Waals surface area contributed by atoms with Gasteiger partial charge in [0, 0.05) is 18.6 Å². The Kier molecular flexibility index (Phi) is 6.46. The van der Waals surface area contributed by atoms with Crippen molar-refractivity contribution in [1.29, 1.82) is 0 Å². The molecule has 1 aromatic carbocycles. The van der Waals surface area contributed by atoms with Crippen molar-refractivity contribution in [2.45, 2.75) is 51.7 Å². The molecular formula is C17H25ClFNO. The SMILES string of the molecule is CCCNC(Cc1ccc(Cl)c(F)c1)C1CCOC1CC. The van der Waals surface area contributed by atoms with Crippen molar-refractivity contribution in [1.82, 2.24) is 5.32 Å². The summed E-state index contributed by atoms with van der Waals surface area (Å²) in [6.45, 7) is 6.15. The number of rotatable bonds is 7. The maximum absolute atomic E-state index is 13.6. The van der Waals surface area contributed by atoms with Crippen LogP contribution in [-0.2, 0) is 11.2 Å². The molecule has 2 rings (SSSR count). The van der Waals surface area contributed by atoms with Gasteiger partial charge >= 0.3 is 0 Å². The Morgan fingerprint density at radius 2 is 2.24 bits per heavy atom. The summed E-state index contributed by atoms with van der Waals surface area (Å²) in [6.07, 6.45) is 4.34.